The van der Waals surface area contributed by atoms with Gasteiger partial charge in [0.1, 0.15) is 0 Å². The number of fused-ring (bicyclic) bond motifs is 2. The van der Waals surface area contributed by atoms with Crippen LogP contribution in [0, 0.1) is 18.8 Å². The zero-order valence-electron chi connectivity index (χ0n) is 19.8. The summed E-state index contributed by atoms with van der Waals surface area (Å²) in [6.07, 6.45) is 1.91. The van der Waals surface area contributed by atoms with Gasteiger partial charge >= 0.3 is 0 Å². The number of likely N-dealkylation sites (tertiary alicyclic amines) is 1. The van der Waals surface area contributed by atoms with Crippen molar-refractivity contribution in [3.8, 4) is 0 Å². The molecule has 2 saturated heterocycles. The van der Waals surface area contributed by atoms with Gasteiger partial charge in [-0.05, 0) is 53.5 Å². The minimum Gasteiger partial charge on any atom is -0.483 e. The molecular formula is C26H36N2O6. The van der Waals surface area contributed by atoms with Crippen LogP contribution in [0.4, 0.5) is 0 Å². The second-order valence-corrected chi connectivity index (χ2v) is 9.27. The van der Waals surface area contributed by atoms with Crippen LogP contribution in [0.15, 0.2) is 36.4 Å². The summed E-state index contributed by atoms with van der Waals surface area (Å²) in [4.78, 5) is 21.8. The average molecular weight is 473 g/mol. The predicted octanol–water partition coefficient (Wildman–Crippen LogP) is 2.45. The lowest BCUT2D eigenvalue weighted by atomic mass is 9.77. The van der Waals surface area contributed by atoms with Crippen LogP contribution in [0.5, 0.6) is 0 Å². The maximum absolute atomic E-state index is 10.8. The van der Waals surface area contributed by atoms with Crippen molar-refractivity contribution in [3.05, 3.63) is 47.5 Å². The van der Waals surface area contributed by atoms with Gasteiger partial charge in [-0.25, -0.2) is 0 Å². The Kier molecular flexibility index (Phi) is 9.83. The Morgan fingerprint density at radius 2 is 1.53 bits per heavy atom. The van der Waals surface area contributed by atoms with Crippen LogP contribution >= 0.6 is 0 Å². The molecule has 4 atom stereocenters. The minimum absolute atomic E-state index is 0.181. The van der Waals surface area contributed by atoms with Crippen molar-refractivity contribution in [1.82, 2.24) is 9.80 Å². The van der Waals surface area contributed by atoms with Crippen LogP contribution in [-0.2, 0) is 20.9 Å². The van der Waals surface area contributed by atoms with Gasteiger partial charge in [0.25, 0.3) is 12.9 Å². The fraction of sp³-hybridized carbons (Fsp3) is 0.538. The molecule has 0 unspecified atom stereocenters. The molecular weight excluding hydrogens is 436 g/mol. The zero-order chi connectivity index (χ0) is 24.5. The van der Waals surface area contributed by atoms with E-state index in [0.717, 1.165) is 52.2 Å². The van der Waals surface area contributed by atoms with Crippen molar-refractivity contribution < 1.29 is 29.6 Å². The summed E-state index contributed by atoms with van der Waals surface area (Å²) < 4.78 is 5.51. The van der Waals surface area contributed by atoms with E-state index in [0.29, 0.717) is 17.9 Å². The highest BCUT2D eigenvalue weighted by Gasteiger charge is 2.43. The number of carboxylic acid groups (broad SMARTS) is 2. The first-order valence-corrected chi connectivity index (χ1v) is 11.9. The first-order valence-electron chi connectivity index (χ1n) is 11.9. The number of aliphatic hydroxyl groups is 1. The van der Waals surface area contributed by atoms with Gasteiger partial charge in [-0.15, -0.1) is 0 Å². The minimum atomic E-state index is -0.250. The maximum Gasteiger partial charge on any atom is 0.290 e. The summed E-state index contributed by atoms with van der Waals surface area (Å²) in [5, 5.41) is 27.4. The first-order chi connectivity index (χ1) is 16.5. The summed E-state index contributed by atoms with van der Waals surface area (Å²) >= 11 is 0. The van der Waals surface area contributed by atoms with Gasteiger partial charge < -0.3 is 20.1 Å². The van der Waals surface area contributed by atoms with Gasteiger partial charge in [0.2, 0.25) is 0 Å². The number of aliphatic hydroxyl groups excluding tert-OH is 1. The summed E-state index contributed by atoms with van der Waals surface area (Å²) in [5.74, 6) is 1.36. The van der Waals surface area contributed by atoms with Crippen LogP contribution in [0.1, 0.15) is 24.0 Å². The van der Waals surface area contributed by atoms with E-state index in [1.54, 1.807) is 0 Å². The van der Waals surface area contributed by atoms with Crippen molar-refractivity contribution >= 4 is 23.7 Å². The molecule has 3 aliphatic rings. The number of benzene rings is 2. The van der Waals surface area contributed by atoms with Gasteiger partial charge in [0.05, 0.1) is 19.3 Å². The molecule has 0 aromatic heterocycles. The molecule has 2 aromatic carbocycles. The molecule has 5 rings (SSSR count). The van der Waals surface area contributed by atoms with E-state index in [2.05, 4.69) is 53.1 Å². The Bertz CT molecular complexity index is 927. The van der Waals surface area contributed by atoms with E-state index < -0.39 is 0 Å². The van der Waals surface area contributed by atoms with Gasteiger partial charge in [-0.1, -0.05) is 36.4 Å². The third kappa shape index (κ3) is 6.33. The Morgan fingerprint density at radius 1 is 0.941 bits per heavy atom. The van der Waals surface area contributed by atoms with Crippen LogP contribution in [0.3, 0.4) is 0 Å². The van der Waals surface area contributed by atoms with E-state index in [9.17, 15) is 5.11 Å². The number of aryl methyl sites for hydroxylation is 1. The summed E-state index contributed by atoms with van der Waals surface area (Å²) in [6.45, 7) is 8.57. The number of rotatable bonds is 3. The number of ether oxygens (including phenoxy) is 1. The SMILES string of the molecule is Cc1ccc(CN2C[C@H]3C[C@@H](N4CCOCC4)[C@H](O)C[C@H]3C2)c2ccccc12.O=CO.O=CO. The summed E-state index contributed by atoms with van der Waals surface area (Å²) in [6, 6.07) is 13.7. The van der Waals surface area contributed by atoms with Crippen LogP contribution in [-0.4, -0.2) is 89.6 Å². The Balaban J connectivity index is 0.000000492. The van der Waals surface area contributed by atoms with Crippen molar-refractivity contribution in [2.75, 3.05) is 39.4 Å². The molecule has 8 heteroatoms. The molecule has 1 aliphatic carbocycles. The number of carbonyl (C=O) groups is 2. The Labute approximate surface area is 200 Å². The van der Waals surface area contributed by atoms with E-state index in [1.165, 1.54) is 28.4 Å². The zero-order valence-corrected chi connectivity index (χ0v) is 19.8. The summed E-state index contributed by atoms with van der Waals surface area (Å²) in [5.41, 5.74) is 2.79. The van der Waals surface area contributed by atoms with Crippen LogP contribution in [0.25, 0.3) is 10.8 Å². The second-order valence-electron chi connectivity index (χ2n) is 9.27. The van der Waals surface area contributed by atoms with Crippen molar-refractivity contribution in [2.24, 2.45) is 11.8 Å². The fourth-order valence-corrected chi connectivity index (χ4v) is 5.83. The molecule has 34 heavy (non-hydrogen) atoms. The molecule has 0 radical (unpaired) electrons. The quantitative estimate of drug-likeness (QED) is 0.585. The van der Waals surface area contributed by atoms with Crippen molar-refractivity contribution in [1.29, 1.82) is 0 Å². The molecule has 3 N–H and O–H groups in total. The van der Waals surface area contributed by atoms with E-state index >= 15 is 0 Å². The lowest BCUT2D eigenvalue weighted by Crippen LogP contribution is -2.53. The normalized spacial score (nSPS) is 27.0. The molecule has 3 fully saturated rings. The lowest BCUT2D eigenvalue weighted by molar-refractivity contribution is -0.123. The third-order valence-corrected chi connectivity index (χ3v) is 7.33. The number of nitrogens with zero attached hydrogens (tertiary/aromatic N) is 2. The second kappa shape index (κ2) is 12.8. The largest absolute Gasteiger partial charge is 0.483 e. The molecule has 1 saturated carbocycles. The van der Waals surface area contributed by atoms with Gasteiger partial charge in [-0.2, -0.15) is 0 Å². The van der Waals surface area contributed by atoms with Gasteiger partial charge in [0.15, 0.2) is 0 Å². The highest BCUT2D eigenvalue weighted by molar-refractivity contribution is 5.88. The van der Waals surface area contributed by atoms with E-state index in [-0.39, 0.29) is 19.0 Å². The first kappa shape index (κ1) is 26.1. The standard InChI is InChI=1S/C24H32N2O2.2CH2O2/c1-17-6-7-18(22-5-3-2-4-21(17)22)14-25-15-19-12-23(24(27)13-20(19)16-25)26-8-10-28-11-9-26;2*2-1-3/h2-7,19-20,23-24,27H,8-16H2,1H3;2*1H,(H,2,3)/t19-,20+,23-,24-;;/m1../s1. The number of hydrogen-bond acceptors (Lipinski definition) is 6. The molecule has 8 nitrogen and oxygen atoms in total. The highest BCUT2D eigenvalue weighted by atomic mass is 16.5. The maximum atomic E-state index is 10.8. The van der Waals surface area contributed by atoms with Crippen molar-refractivity contribution in [3.63, 3.8) is 0 Å². The molecule has 2 aromatic rings. The third-order valence-electron chi connectivity index (χ3n) is 7.33. The van der Waals surface area contributed by atoms with E-state index in [1.807, 2.05) is 0 Å². The Morgan fingerprint density at radius 3 is 2.18 bits per heavy atom. The predicted molar refractivity (Wildman–Crippen MR) is 130 cm³/mol. The monoisotopic (exact) mass is 472 g/mol. The smallest absolute Gasteiger partial charge is 0.290 e. The highest BCUT2D eigenvalue weighted by Crippen LogP contribution is 2.39. The van der Waals surface area contributed by atoms with Crippen LogP contribution < -0.4 is 0 Å². The topological polar surface area (TPSA) is 111 Å². The van der Waals surface area contributed by atoms with Gasteiger partial charge in [-0.3, -0.25) is 19.4 Å². The van der Waals surface area contributed by atoms with Crippen LogP contribution in [0.2, 0.25) is 0 Å². The summed E-state index contributed by atoms with van der Waals surface area (Å²) in [7, 11) is 0. The molecule has 2 aliphatic heterocycles. The molecule has 0 spiro atoms. The van der Waals surface area contributed by atoms with E-state index in [4.69, 9.17) is 24.5 Å². The molecule has 0 bridgehead atoms. The van der Waals surface area contributed by atoms with Gasteiger partial charge in [0, 0.05) is 38.8 Å². The molecule has 186 valence electrons. The Hall–Kier alpha value is -2.52. The average Bonchev–Trinajstić information content (AvgIpc) is 3.23. The molecule has 2 heterocycles. The number of hydrogen-bond donors (Lipinski definition) is 3. The van der Waals surface area contributed by atoms with Crippen molar-refractivity contribution in [2.45, 2.75) is 38.5 Å². The molecule has 0 amide bonds. The lowest BCUT2D eigenvalue weighted by Gasteiger charge is -2.43. The number of morpholine rings is 1. The fourth-order valence-electron chi connectivity index (χ4n) is 5.83.